The van der Waals surface area contributed by atoms with Gasteiger partial charge in [0, 0.05) is 43.7 Å². The number of anilines is 1. The lowest BCUT2D eigenvalue weighted by atomic mass is 10.1. The molecule has 0 bridgehead atoms. The molecule has 2 saturated heterocycles. The second-order valence-corrected chi connectivity index (χ2v) is 9.89. The van der Waals surface area contributed by atoms with Crippen LogP contribution in [0.3, 0.4) is 0 Å². The van der Waals surface area contributed by atoms with Crippen molar-refractivity contribution < 1.29 is 19.1 Å². The summed E-state index contributed by atoms with van der Waals surface area (Å²) in [5.74, 6) is 0.713. The lowest BCUT2D eigenvalue weighted by molar-refractivity contribution is -0.123. The van der Waals surface area contributed by atoms with Crippen LogP contribution in [0.1, 0.15) is 11.3 Å². The predicted octanol–water partition coefficient (Wildman–Crippen LogP) is 2.98. The number of thiophene rings is 1. The summed E-state index contributed by atoms with van der Waals surface area (Å²) < 4.78 is 11.7. The van der Waals surface area contributed by atoms with Crippen LogP contribution in [0.4, 0.5) is 5.69 Å². The summed E-state index contributed by atoms with van der Waals surface area (Å²) in [4.78, 5) is 32.9. The molecule has 2 aliphatic heterocycles. The molecule has 0 N–H and O–H groups in total. The lowest BCUT2D eigenvalue weighted by Crippen LogP contribution is -2.52. The van der Waals surface area contributed by atoms with E-state index in [1.165, 1.54) is 16.9 Å². The molecule has 160 valence electrons. The molecule has 0 unspecified atom stereocenters. The first-order chi connectivity index (χ1) is 14.5. The SMILES string of the molecule is COc1ccc(N2C(=O)C[C@H](N3CCN(Cc4ccc(Br)s4)CC3)C2=O)cc1OC. The molecule has 1 aromatic carbocycles. The van der Waals surface area contributed by atoms with Crippen LogP contribution in [-0.4, -0.2) is 68.1 Å². The lowest BCUT2D eigenvalue weighted by Gasteiger charge is -2.36. The number of piperazine rings is 1. The minimum atomic E-state index is -0.399. The van der Waals surface area contributed by atoms with Crippen molar-refractivity contribution in [3.8, 4) is 11.5 Å². The van der Waals surface area contributed by atoms with Gasteiger partial charge in [-0.25, -0.2) is 4.90 Å². The molecule has 0 saturated carbocycles. The van der Waals surface area contributed by atoms with Crippen molar-refractivity contribution >= 4 is 44.8 Å². The monoisotopic (exact) mass is 493 g/mol. The normalized spacial score (nSPS) is 20.8. The molecule has 4 rings (SSSR count). The van der Waals surface area contributed by atoms with Gasteiger partial charge in [0.25, 0.3) is 5.91 Å². The van der Waals surface area contributed by atoms with Crippen LogP contribution in [-0.2, 0) is 16.1 Å². The number of benzene rings is 1. The van der Waals surface area contributed by atoms with E-state index in [4.69, 9.17) is 9.47 Å². The predicted molar refractivity (Wildman–Crippen MR) is 119 cm³/mol. The summed E-state index contributed by atoms with van der Waals surface area (Å²) in [6, 6.07) is 8.92. The Kier molecular flexibility index (Phi) is 6.43. The van der Waals surface area contributed by atoms with E-state index in [0.717, 1.165) is 36.5 Å². The van der Waals surface area contributed by atoms with Crippen LogP contribution in [0.5, 0.6) is 11.5 Å². The van der Waals surface area contributed by atoms with E-state index in [2.05, 4.69) is 37.9 Å². The number of nitrogens with zero attached hydrogens (tertiary/aromatic N) is 3. The number of imide groups is 1. The highest BCUT2D eigenvalue weighted by molar-refractivity contribution is 9.11. The molecule has 2 amide bonds. The van der Waals surface area contributed by atoms with E-state index in [1.54, 1.807) is 36.6 Å². The molecule has 9 heteroatoms. The standard InChI is InChI=1S/C21H24BrN3O4S/c1-28-17-5-3-14(11-18(17)29-2)25-20(26)12-16(21(25)27)24-9-7-23(8-10-24)13-15-4-6-19(22)30-15/h3-6,11,16H,7-10,12-13H2,1-2H3/t16-/m0/s1. The molecule has 2 aromatic rings. The number of halogens is 1. The van der Waals surface area contributed by atoms with Crippen molar-refractivity contribution in [1.29, 1.82) is 0 Å². The molecule has 7 nitrogen and oxygen atoms in total. The molecule has 1 atom stereocenters. The van der Waals surface area contributed by atoms with E-state index >= 15 is 0 Å². The van der Waals surface area contributed by atoms with Crippen LogP contribution in [0.15, 0.2) is 34.1 Å². The maximum absolute atomic E-state index is 13.1. The zero-order chi connectivity index (χ0) is 21.3. The number of hydrogen-bond acceptors (Lipinski definition) is 7. The zero-order valence-corrected chi connectivity index (χ0v) is 19.4. The van der Waals surface area contributed by atoms with E-state index in [0.29, 0.717) is 17.2 Å². The second-order valence-electron chi connectivity index (χ2n) is 7.34. The summed E-state index contributed by atoms with van der Waals surface area (Å²) in [5.41, 5.74) is 0.520. The fraction of sp³-hybridized carbons (Fsp3) is 0.429. The summed E-state index contributed by atoms with van der Waals surface area (Å²) in [6.45, 7) is 4.22. The molecule has 2 aliphatic rings. The largest absolute Gasteiger partial charge is 0.493 e. The van der Waals surface area contributed by atoms with Crippen molar-refractivity contribution in [2.24, 2.45) is 0 Å². The number of carbonyl (C=O) groups excluding carboxylic acids is 2. The van der Waals surface area contributed by atoms with Gasteiger partial charge in [0.05, 0.1) is 36.2 Å². The average Bonchev–Trinajstić information content (AvgIpc) is 3.30. The summed E-state index contributed by atoms with van der Waals surface area (Å²) in [5, 5.41) is 0. The Labute approximate surface area is 188 Å². The molecule has 0 radical (unpaired) electrons. The van der Waals surface area contributed by atoms with E-state index < -0.39 is 6.04 Å². The highest BCUT2D eigenvalue weighted by Crippen LogP contribution is 2.34. The molecule has 3 heterocycles. The second kappa shape index (κ2) is 9.05. The van der Waals surface area contributed by atoms with Gasteiger partial charge >= 0.3 is 0 Å². The molecule has 0 spiro atoms. The van der Waals surface area contributed by atoms with Crippen molar-refractivity contribution in [2.45, 2.75) is 19.0 Å². The van der Waals surface area contributed by atoms with Crippen LogP contribution in [0.2, 0.25) is 0 Å². The molecule has 2 fully saturated rings. The Hall–Kier alpha value is -1.94. The molecule has 1 aromatic heterocycles. The Morgan fingerprint density at radius 3 is 2.40 bits per heavy atom. The maximum Gasteiger partial charge on any atom is 0.251 e. The van der Waals surface area contributed by atoms with Crippen molar-refractivity contribution in [2.75, 3.05) is 45.3 Å². The number of carbonyl (C=O) groups is 2. The summed E-state index contributed by atoms with van der Waals surface area (Å²) >= 11 is 5.26. The average molecular weight is 494 g/mol. The van der Waals surface area contributed by atoms with Gasteiger partial charge < -0.3 is 9.47 Å². The fourth-order valence-electron chi connectivity index (χ4n) is 4.03. The molecular formula is C21H24BrN3O4S. The Morgan fingerprint density at radius 1 is 1.03 bits per heavy atom. The highest BCUT2D eigenvalue weighted by Gasteiger charge is 2.43. The fourth-order valence-corrected chi connectivity index (χ4v) is 5.55. The van der Waals surface area contributed by atoms with Gasteiger partial charge in [0.1, 0.15) is 0 Å². The van der Waals surface area contributed by atoms with Crippen molar-refractivity contribution in [3.05, 3.63) is 39.0 Å². The molecule has 0 aliphatic carbocycles. The van der Waals surface area contributed by atoms with Gasteiger partial charge in [-0.15, -0.1) is 11.3 Å². The molecule has 30 heavy (non-hydrogen) atoms. The van der Waals surface area contributed by atoms with E-state index in [1.807, 2.05) is 0 Å². The molecular weight excluding hydrogens is 470 g/mol. The third kappa shape index (κ3) is 4.25. The first-order valence-corrected chi connectivity index (χ1v) is 11.4. The Balaban J connectivity index is 1.41. The minimum absolute atomic E-state index is 0.164. The van der Waals surface area contributed by atoms with Gasteiger partial charge in [-0.05, 0) is 40.2 Å². The quantitative estimate of drug-likeness (QED) is 0.576. The Bertz CT molecular complexity index is 942. The smallest absolute Gasteiger partial charge is 0.251 e. The van der Waals surface area contributed by atoms with Gasteiger partial charge in [0.15, 0.2) is 11.5 Å². The highest BCUT2D eigenvalue weighted by atomic mass is 79.9. The number of hydrogen-bond donors (Lipinski definition) is 0. The first kappa shape index (κ1) is 21.3. The number of rotatable bonds is 6. The van der Waals surface area contributed by atoms with Crippen LogP contribution >= 0.6 is 27.3 Å². The van der Waals surface area contributed by atoms with Crippen molar-refractivity contribution in [1.82, 2.24) is 9.80 Å². The maximum atomic E-state index is 13.1. The van der Waals surface area contributed by atoms with Crippen molar-refractivity contribution in [3.63, 3.8) is 0 Å². The number of amides is 2. The van der Waals surface area contributed by atoms with E-state index in [9.17, 15) is 9.59 Å². The van der Waals surface area contributed by atoms with Gasteiger partial charge in [-0.2, -0.15) is 0 Å². The summed E-state index contributed by atoms with van der Waals surface area (Å²) in [7, 11) is 3.09. The van der Waals surface area contributed by atoms with Gasteiger partial charge in [-0.3, -0.25) is 19.4 Å². The summed E-state index contributed by atoms with van der Waals surface area (Å²) in [6.07, 6.45) is 0.213. The van der Waals surface area contributed by atoms with Crippen LogP contribution < -0.4 is 14.4 Å². The first-order valence-electron chi connectivity index (χ1n) is 9.79. The zero-order valence-electron chi connectivity index (χ0n) is 17.0. The van der Waals surface area contributed by atoms with Crippen LogP contribution in [0.25, 0.3) is 0 Å². The minimum Gasteiger partial charge on any atom is -0.493 e. The Morgan fingerprint density at radius 2 is 1.77 bits per heavy atom. The van der Waals surface area contributed by atoms with Crippen LogP contribution in [0, 0.1) is 0 Å². The third-order valence-corrected chi connectivity index (χ3v) is 7.21. The van der Waals surface area contributed by atoms with Gasteiger partial charge in [-0.1, -0.05) is 0 Å². The topological polar surface area (TPSA) is 62.3 Å². The van der Waals surface area contributed by atoms with E-state index in [-0.39, 0.29) is 18.2 Å². The number of methoxy groups -OCH3 is 2. The third-order valence-electron chi connectivity index (χ3n) is 5.60. The number of ether oxygens (including phenoxy) is 2. The van der Waals surface area contributed by atoms with Gasteiger partial charge in [0.2, 0.25) is 5.91 Å².